The molecule has 0 radical (unpaired) electrons. The zero-order valence-electron chi connectivity index (χ0n) is 19.0. The first kappa shape index (κ1) is 23.7. The van der Waals surface area contributed by atoms with Crippen LogP contribution in [0.3, 0.4) is 0 Å². The van der Waals surface area contributed by atoms with Gasteiger partial charge in [0.25, 0.3) is 5.91 Å². The Morgan fingerprint density at radius 1 is 1.03 bits per heavy atom. The van der Waals surface area contributed by atoms with E-state index in [9.17, 15) is 9.90 Å². The van der Waals surface area contributed by atoms with Crippen LogP contribution >= 0.6 is 23.2 Å². The van der Waals surface area contributed by atoms with Crippen molar-refractivity contribution in [3.8, 4) is 0 Å². The van der Waals surface area contributed by atoms with Crippen molar-refractivity contribution in [3.05, 3.63) is 93.0 Å². The van der Waals surface area contributed by atoms with E-state index in [4.69, 9.17) is 28.2 Å². The molecular weight excluding hydrogens is 503 g/mol. The molecule has 182 valence electrons. The molecule has 2 aromatic heterocycles. The molecule has 3 aromatic carbocycles. The number of aliphatic hydroxyl groups excluding tert-OH is 1. The number of carbonyl (C=O) groups excluding carboxylic acids is 1. The molecule has 12 heteroatoms. The van der Waals surface area contributed by atoms with Gasteiger partial charge in [-0.3, -0.25) is 10.1 Å². The number of rotatable bonds is 6. The lowest BCUT2D eigenvalue weighted by Crippen LogP contribution is -2.24. The highest BCUT2D eigenvalue weighted by Crippen LogP contribution is 2.25. The Kier molecular flexibility index (Phi) is 6.55. The van der Waals surface area contributed by atoms with Crippen molar-refractivity contribution in [2.75, 3.05) is 5.32 Å². The van der Waals surface area contributed by atoms with E-state index in [1.807, 2.05) is 46.5 Å². The smallest absolute Gasteiger partial charge is 0.258 e. The summed E-state index contributed by atoms with van der Waals surface area (Å²) in [7, 11) is 1.92. The number of aliphatic hydroxyl groups is 1. The molecule has 2 heterocycles. The van der Waals surface area contributed by atoms with Crippen molar-refractivity contribution < 1.29 is 9.90 Å². The summed E-state index contributed by atoms with van der Waals surface area (Å²) in [6, 6.07) is 18.1. The lowest BCUT2D eigenvalue weighted by atomic mass is 10.1. The van der Waals surface area contributed by atoms with Gasteiger partial charge in [-0.2, -0.15) is 0 Å². The minimum absolute atomic E-state index is 0.0776. The molecule has 0 bridgehead atoms. The molecule has 10 nitrogen and oxygen atoms in total. The number of nitrogens with zero attached hydrogens (tertiary/aromatic N) is 6. The van der Waals surface area contributed by atoms with E-state index in [1.165, 1.54) is 0 Å². The number of tetrazole rings is 1. The Morgan fingerprint density at radius 3 is 2.42 bits per heavy atom. The summed E-state index contributed by atoms with van der Waals surface area (Å²) in [4.78, 5) is 17.3. The Balaban J connectivity index is 1.56. The number of carbonyl (C=O) groups is 1. The normalized spacial score (nSPS) is 11.8. The number of aromatic nitrogens is 6. The second-order valence-corrected chi connectivity index (χ2v) is 8.94. The van der Waals surface area contributed by atoms with Gasteiger partial charge in [0.15, 0.2) is 0 Å². The van der Waals surface area contributed by atoms with Crippen LogP contribution in [0, 0.1) is 0 Å². The van der Waals surface area contributed by atoms with E-state index in [2.05, 4.69) is 25.9 Å². The van der Waals surface area contributed by atoms with Crippen LogP contribution in [-0.2, 0) is 20.2 Å². The second-order valence-electron chi connectivity index (χ2n) is 8.07. The van der Waals surface area contributed by atoms with Crippen molar-refractivity contribution in [1.29, 1.82) is 0 Å². The first-order valence-electron chi connectivity index (χ1n) is 10.8. The van der Waals surface area contributed by atoms with E-state index >= 15 is 0 Å². The zero-order chi connectivity index (χ0) is 25.2. The van der Waals surface area contributed by atoms with Gasteiger partial charge in [-0.05, 0) is 64.0 Å². The fraction of sp³-hybridized carbons (Fsp3) is 0.125. The van der Waals surface area contributed by atoms with Gasteiger partial charge >= 0.3 is 0 Å². The van der Waals surface area contributed by atoms with Gasteiger partial charge in [-0.1, -0.05) is 46.5 Å². The number of hydrogen-bond acceptors (Lipinski definition) is 6. The number of amides is 1. The highest BCUT2D eigenvalue weighted by atomic mass is 35.5. The molecule has 0 fully saturated rings. The van der Waals surface area contributed by atoms with Crippen LogP contribution in [0.15, 0.2) is 65.7 Å². The third-order valence-corrected chi connectivity index (χ3v) is 6.06. The number of aryl methyl sites for hydroxylation is 1. The molecule has 0 atom stereocenters. The topological polar surface area (TPSA) is 126 Å². The van der Waals surface area contributed by atoms with Crippen molar-refractivity contribution >= 4 is 51.8 Å². The van der Waals surface area contributed by atoms with Crippen LogP contribution in [-0.4, -0.2) is 40.8 Å². The number of halogens is 2. The molecule has 0 saturated carbocycles. The Bertz CT molecular complexity index is 1600. The molecule has 5 aromatic rings. The SMILES string of the molecule is Cn1/c(=N/c2cc(Cl)cc(Cl)c2)n(Cc2ccc(C(=O)Nc3nnn[nH]3)cc2)c2cc(CO)ccc21. The molecule has 0 aliphatic heterocycles. The third kappa shape index (κ3) is 4.87. The van der Waals surface area contributed by atoms with Crippen molar-refractivity contribution in [2.45, 2.75) is 13.2 Å². The summed E-state index contributed by atoms with van der Waals surface area (Å²) in [5, 5.41) is 26.3. The minimum Gasteiger partial charge on any atom is -0.392 e. The van der Waals surface area contributed by atoms with Crippen LogP contribution in [0.2, 0.25) is 10.0 Å². The standard InChI is InChI=1S/C24H20Cl2N8O2/c1-33-20-7-4-15(13-35)8-21(20)34(24(33)27-19-10-17(25)9-18(26)11-19)12-14-2-5-16(6-3-14)22(36)28-23-29-31-32-30-23/h2-11,35H,12-13H2,1H3,(H2,28,29,30,31,32,36)/b27-24-. The summed E-state index contributed by atoms with van der Waals surface area (Å²) in [6.07, 6.45) is 0. The summed E-state index contributed by atoms with van der Waals surface area (Å²) < 4.78 is 4.01. The van der Waals surface area contributed by atoms with Crippen LogP contribution in [0.1, 0.15) is 21.5 Å². The van der Waals surface area contributed by atoms with E-state index in [1.54, 1.807) is 30.3 Å². The molecule has 0 aliphatic carbocycles. The largest absolute Gasteiger partial charge is 0.392 e. The molecule has 5 rings (SSSR count). The van der Waals surface area contributed by atoms with Gasteiger partial charge < -0.3 is 14.2 Å². The number of aromatic amines is 1. The monoisotopic (exact) mass is 522 g/mol. The third-order valence-electron chi connectivity index (χ3n) is 5.63. The summed E-state index contributed by atoms with van der Waals surface area (Å²) in [5.41, 5.74) is 5.31. The summed E-state index contributed by atoms with van der Waals surface area (Å²) in [5.74, 6) is -0.165. The van der Waals surface area contributed by atoms with Crippen molar-refractivity contribution in [1.82, 2.24) is 29.8 Å². The maximum Gasteiger partial charge on any atom is 0.258 e. The lowest BCUT2D eigenvalue weighted by molar-refractivity contribution is 0.102. The fourth-order valence-electron chi connectivity index (χ4n) is 3.91. The maximum absolute atomic E-state index is 12.4. The molecule has 0 unspecified atom stereocenters. The predicted molar refractivity (Wildman–Crippen MR) is 136 cm³/mol. The number of nitrogens with one attached hydrogen (secondary N) is 2. The predicted octanol–water partition coefficient (Wildman–Crippen LogP) is 3.83. The van der Waals surface area contributed by atoms with Crippen molar-refractivity contribution in [3.63, 3.8) is 0 Å². The van der Waals surface area contributed by atoms with Gasteiger partial charge in [-0.15, -0.1) is 0 Å². The van der Waals surface area contributed by atoms with Crippen LogP contribution < -0.4 is 10.9 Å². The number of benzene rings is 3. The first-order chi connectivity index (χ1) is 17.4. The van der Waals surface area contributed by atoms with Crippen LogP contribution in [0.25, 0.3) is 11.0 Å². The molecule has 3 N–H and O–H groups in total. The quantitative estimate of drug-likeness (QED) is 0.312. The molecule has 0 spiro atoms. The van der Waals surface area contributed by atoms with E-state index in [-0.39, 0.29) is 18.5 Å². The summed E-state index contributed by atoms with van der Waals surface area (Å²) >= 11 is 12.4. The van der Waals surface area contributed by atoms with Crippen molar-refractivity contribution in [2.24, 2.45) is 12.0 Å². The molecule has 36 heavy (non-hydrogen) atoms. The number of fused-ring (bicyclic) bond motifs is 1. The van der Waals surface area contributed by atoms with E-state index < -0.39 is 0 Å². The maximum atomic E-state index is 12.4. The number of anilines is 1. The Labute approximate surface area is 214 Å². The van der Waals surface area contributed by atoms with Gasteiger partial charge in [0.2, 0.25) is 11.6 Å². The Hall–Kier alpha value is -3.99. The number of imidazole rings is 1. The number of H-pyrrole nitrogens is 1. The highest BCUT2D eigenvalue weighted by Gasteiger charge is 2.13. The first-order valence-corrected chi connectivity index (χ1v) is 11.6. The Morgan fingerprint density at radius 2 is 1.75 bits per heavy atom. The molecular formula is C24H20Cl2N8O2. The molecule has 0 saturated heterocycles. The van der Waals surface area contributed by atoms with Crippen LogP contribution in [0.4, 0.5) is 11.6 Å². The lowest BCUT2D eigenvalue weighted by Gasteiger charge is -2.08. The van der Waals surface area contributed by atoms with Gasteiger partial charge in [-0.25, -0.2) is 10.1 Å². The van der Waals surface area contributed by atoms with Gasteiger partial charge in [0, 0.05) is 22.7 Å². The fourth-order valence-corrected chi connectivity index (χ4v) is 4.42. The molecule has 1 amide bonds. The zero-order valence-corrected chi connectivity index (χ0v) is 20.5. The van der Waals surface area contributed by atoms with Crippen LogP contribution in [0.5, 0.6) is 0 Å². The number of hydrogen-bond donors (Lipinski definition) is 3. The van der Waals surface area contributed by atoms with Gasteiger partial charge in [0.05, 0.1) is 29.9 Å². The van der Waals surface area contributed by atoms with E-state index in [0.717, 1.165) is 22.2 Å². The van der Waals surface area contributed by atoms with Gasteiger partial charge in [0.1, 0.15) is 0 Å². The average molecular weight is 523 g/mol. The highest BCUT2D eigenvalue weighted by molar-refractivity contribution is 6.35. The van der Waals surface area contributed by atoms with E-state index in [0.29, 0.717) is 33.5 Å². The minimum atomic E-state index is -0.334. The summed E-state index contributed by atoms with van der Waals surface area (Å²) in [6.45, 7) is 0.388. The second kappa shape index (κ2) is 9.94. The molecule has 0 aliphatic rings. The average Bonchev–Trinajstić information content (AvgIpc) is 3.46.